The highest BCUT2D eigenvalue weighted by molar-refractivity contribution is 9.10. The van der Waals surface area contributed by atoms with Crippen LogP contribution in [0.4, 0.5) is 0 Å². The zero-order chi connectivity index (χ0) is 14.5. The minimum absolute atomic E-state index is 0.501. The second-order valence-electron chi connectivity index (χ2n) is 4.27. The number of hydrogen-bond donors (Lipinski definition) is 0. The summed E-state index contributed by atoms with van der Waals surface area (Å²) in [5.74, 6) is 1.13. The van der Waals surface area contributed by atoms with Crippen LogP contribution in [0.5, 0.6) is 11.5 Å². The minimum Gasteiger partial charge on any atom is -0.493 e. The maximum atomic E-state index is 10.8. The summed E-state index contributed by atoms with van der Waals surface area (Å²) in [7, 11) is 3.42. The van der Waals surface area contributed by atoms with Gasteiger partial charge in [0, 0.05) is 25.2 Å². The fraction of sp³-hybridized carbons (Fsp3) is 0.286. The second kappa shape index (κ2) is 6.56. The molecular weight excluding hydrogens is 324 g/mol. The van der Waals surface area contributed by atoms with Gasteiger partial charge in [-0.1, -0.05) is 0 Å². The predicted molar refractivity (Wildman–Crippen MR) is 78.5 cm³/mol. The van der Waals surface area contributed by atoms with Crippen molar-refractivity contribution in [1.29, 1.82) is 0 Å². The van der Waals surface area contributed by atoms with Gasteiger partial charge >= 0.3 is 0 Å². The summed E-state index contributed by atoms with van der Waals surface area (Å²) in [6.07, 6.45) is 5.28. The van der Waals surface area contributed by atoms with Gasteiger partial charge in [0.2, 0.25) is 0 Å². The van der Waals surface area contributed by atoms with Crippen LogP contribution in [0, 0.1) is 0 Å². The van der Waals surface area contributed by atoms with Gasteiger partial charge in [-0.2, -0.15) is 5.10 Å². The van der Waals surface area contributed by atoms with Crippen molar-refractivity contribution in [3.05, 3.63) is 40.1 Å². The SMILES string of the molecule is COc1cc(C=O)cc(Br)c1OCCc1cnn(C)c1. The van der Waals surface area contributed by atoms with Crippen molar-refractivity contribution in [1.82, 2.24) is 9.78 Å². The summed E-state index contributed by atoms with van der Waals surface area (Å²) in [4.78, 5) is 10.8. The van der Waals surface area contributed by atoms with E-state index < -0.39 is 0 Å². The quantitative estimate of drug-likeness (QED) is 0.760. The summed E-state index contributed by atoms with van der Waals surface area (Å²) in [5.41, 5.74) is 1.64. The third kappa shape index (κ3) is 3.39. The lowest BCUT2D eigenvalue weighted by molar-refractivity contribution is 0.112. The molecule has 1 aromatic heterocycles. The third-order valence-corrected chi connectivity index (χ3v) is 3.37. The zero-order valence-corrected chi connectivity index (χ0v) is 12.9. The molecule has 0 unspecified atom stereocenters. The van der Waals surface area contributed by atoms with Gasteiger partial charge in [0.15, 0.2) is 11.5 Å². The van der Waals surface area contributed by atoms with E-state index in [0.29, 0.717) is 28.1 Å². The molecule has 0 saturated carbocycles. The summed E-state index contributed by atoms with van der Waals surface area (Å²) in [5, 5.41) is 4.10. The first-order chi connectivity index (χ1) is 9.63. The van der Waals surface area contributed by atoms with Crippen LogP contribution in [0.1, 0.15) is 15.9 Å². The monoisotopic (exact) mass is 338 g/mol. The van der Waals surface area contributed by atoms with E-state index in [9.17, 15) is 4.79 Å². The van der Waals surface area contributed by atoms with Gasteiger partial charge in [0.1, 0.15) is 6.29 Å². The van der Waals surface area contributed by atoms with Crippen molar-refractivity contribution in [3.63, 3.8) is 0 Å². The smallest absolute Gasteiger partial charge is 0.175 e. The first kappa shape index (κ1) is 14.6. The first-order valence-electron chi connectivity index (χ1n) is 6.07. The molecule has 0 spiro atoms. The summed E-state index contributed by atoms with van der Waals surface area (Å²) in [6, 6.07) is 3.35. The topological polar surface area (TPSA) is 53.4 Å². The number of aryl methyl sites for hydroxylation is 1. The number of carbonyl (C=O) groups excluding carboxylic acids is 1. The Bertz CT molecular complexity index is 610. The molecule has 0 saturated heterocycles. The summed E-state index contributed by atoms with van der Waals surface area (Å²) >= 11 is 3.39. The maximum absolute atomic E-state index is 10.8. The van der Waals surface area contributed by atoms with E-state index in [-0.39, 0.29) is 0 Å². The number of nitrogens with zero attached hydrogens (tertiary/aromatic N) is 2. The van der Waals surface area contributed by atoms with E-state index in [1.54, 1.807) is 23.9 Å². The van der Waals surface area contributed by atoms with Gasteiger partial charge in [-0.05, 0) is 33.6 Å². The molecule has 1 aromatic carbocycles. The van der Waals surface area contributed by atoms with Crippen molar-refractivity contribution < 1.29 is 14.3 Å². The van der Waals surface area contributed by atoms with Gasteiger partial charge in [-0.25, -0.2) is 0 Å². The van der Waals surface area contributed by atoms with Gasteiger partial charge in [0.25, 0.3) is 0 Å². The van der Waals surface area contributed by atoms with Crippen LogP contribution in [0.2, 0.25) is 0 Å². The van der Waals surface area contributed by atoms with Crippen molar-refractivity contribution >= 4 is 22.2 Å². The van der Waals surface area contributed by atoms with Gasteiger partial charge in [0.05, 0.1) is 24.4 Å². The fourth-order valence-electron chi connectivity index (χ4n) is 1.82. The standard InChI is InChI=1S/C14H15BrN2O3/c1-17-8-10(7-16-17)3-4-20-14-12(15)5-11(9-18)6-13(14)19-2/h5-9H,3-4H2,1-2H3. The normalized spacial score (nSPS) is 10.3. The molecule has 106 valence electrons. The Morgan fingerprint density at radius 2 is 2.25 bits per heavy atom. The van der Waals surface area contributed by atoms with E-state index >= 15 is 0 Å². The lowest BCUT2D eigenvalue weighted by atomic mass is 10.2. The maximum Gasteiger partial charge on any atom is 0.175 e. The van der Waals surface area contributed by atoms with Gasteiger partial charge in [-0.3, -0.25) is 9.48 Å². The van der Waals surface area contributed by atoms with Crippen LogP contribution >= 0.6 is 15.9 Å². The third-order valence-electron chi connectivity index (χ3n) is 2.78. The number of halogens is 1. The van der Waals surface area contributed by atoms with Crippen LogP contribution < -0.4 is 9.47 Å². The number of benzene rings is 1. The zero-order valence-electron chi connectivity index (χ0n) is 11.3. The number of aldehydes is 1. The molecule has 0 aliphatic rings. The van der Waals surface area contributed by atoms with Crippen molar-refractivity contribution in [3.8, 4) is 11.5 Å². The molecule has 0 bridgehead atoms. The summed E-state index contributed by atoms with van der Waals surface area (Å²) < 4.78 is 13.4. The molecule has 0 amide bonds. The largest absolute Gasteiger partial charge is 0.493 e. The number of carbonyl (C=O) groups is 1. The van der Waals surface area contributed by atoms with E-state index in [1.807, 2.05) is 19.4 Å². The van der Waals surface area contributed by atoms with Gasteiger partial charge in [-0.15, -0.1) is 0 Å². The highest BCUT2D eigenvalue weighted by Gasteiger charge is 2.11. The molecule has 2 aromatic rings. The predicted octanol–water partition coefficient (Wildman–Crippen LogP) is 2.63. The molecule has 1 heterocycles. The van der Waals surface area contributed by atoms with Crippen molar-refractivity contribution in [2.24, 2.45) is 7.05 Å². The number of ether oxygens (including phenoxy) is 2. The molecule has 20 heavy (non-hydrogen) atoms. The number of hydrogen-bond acceptors (Lipinski definition) is 4. The summed E-state index contributed by atoms with van der Waals surface area (Å²) in [6.45, 7) is 0.501. The Labute approximate surface area is 125 Å². The molecule has 5 nitrogen and oxygen atoms in total. The van der Waals surface area contributed by atoms with Crippen molar-refractivity contribution in [2.45, 2.75) is 6.42 Å². The van der Waals surface area contributed by atoms with Crippen LogP contribution in [0.3, 0.4) is 0 Å². The molecule has 0 N–H and O–H groups in total. The van der Waals surface area contributed by atoms with Crippen LogP contribution in [0.25, 0.3) is 0 Å². The molecule has 0 aliphatic carbocycles. The Kier molecular flexibility index (Phi) is 4.79. The molecule has 0 atom stereocenters. The lowest BCUT2D eigenvalue weighted by Gasteiger charge is -2.12. The number of rotatable bonds is 6. The molecule has 2 rings (SSSR count). The fourth-order valence-corrected chi connectivity index (χ4v) is 2.39. The molecule has 0 aliphatic heterocycles. The van der Waals surface area contributed by atoms with E-state index in [2.05, 4.69) is 21.0 Å². The van der Waals surface area contributed by atoms with E-state index in [0.717, 1.165) is 18.3 Å². The van der Waals surface area contributed by atoms with E-state index in [1.165, 1.54) is 0 Å². The molecule has 6 heteroatoms. The van der Waals surface area contributed by atoms with Crippen LogP contribution in [0.15, 0.2) is 29.0 Å². The lowest BCUT2D eigenvalue weighted by Crippen LogP contribution is -2.03. The Morgan fingerprint density at radius 3 is 2.85 bits per heavy atom. The minimum atomic E-state index is 0.501. The Balaban J connectivity index is 2.06. The average Bonchev–Trinajstić information content (AvgIpc) is 2.85. The average molecular weight is 339 g/mol. The van der Waals surface area contributed by atoms with Crippen LogP contribution in [-0.4, -0.2) is 29.8 Å². The number of methoxy groups -OCH3 is 1. The van der Waals surface area contributed by atoms with Gasteiger partial charge < -0.3 is 9.47 Å². The second-order valence-corrected chi connectivity index (χ2v) is 5.13. The Hall–Kier alpha value is -1.82. The highest BCUT2D eigenvalue weighted by Crippen LogP contribution is 2.36. The van der Waals surface area contributed by atoms with Crippen LogP contribution in [-0.2, 0) is 13.5 Å². The molecule has 0 fully saturated rings. The molecule has 0 radical (unpaired) electrons. The molecular formula is C14H15BrN2O3. The van der Waals surface area contributed by atoms with Crippen molar-refractivity contribution in [2.75, 3.05) is 13.7 Å². The number of aromatic nitrogens is 2. The highest BCUT2D eigenvalue weighted by atomic mass is 79.9. The Morgan fingerprint density at radius 1 is 1.45 bits per heavy atom. The first-order valence-corrected chi connectivity index (χ1v) is 6.86. The van der Waals surface area contributed by atoms with E-state index in [4.69, 9.17) is 9.47 Å².